The van der Waals surface area contributed by atoms with E-state index in [1.54, 1.807) is 33.0 Å². The SMILES string of the molecule is CC(C(=O)Nc1cc(N)ccc1F)N(C)CC(=O)N(C)C. The number of rotatable bonds is 5. The Morgan fingerprint density at radius 2 is 1.95 bits per heavy atom. The van der Waals surface area contributed by atoms with E-state index in [-0.39, 0.29) is 18.1 Å². The topological polar surface area (TPSA) is 78.7 Å². The van der Waals surface area contributed by atoms with E-state index in [4.69, 9.17) is 5.73 Å². The molecule has 0 saturated carbocycles. The summed E-state index contributed by atoms with van der Waals surface area (Å²) in [5.41, 5.74) is 5.94. The highest BCUT2D eigenvalue weighted by Crippen LogP contribution is 2.17. The number of nitrogens with zero attached hydrogens (tertiary/aromatic N) is 2. The zero-order valence-electron chi connectivity index (χ0n) is 12.7. The molecule has 1 atom stereocenters. The molecular weight excluding hydrogens is 275 g/mol. The third-order valence-corrected chi connectivity index (χ3v) is 3.17. The largest absolute Gasteiger partial charge is 0.399 e. The van der Waals surface area contributed by atoms with E-state index in [1.807, 2.05) is 0 Å². The number of hydrogen-bond donors (Lipinski definition) is 2. The van der Waals surface area contributed by atoms with Gasteiger partial charge in [0.15, 0.2) is 0 Å². The minimum Gasteiger partial charge on any atom is -0.399 e. The maximum atomic E-state index is 13.6. The zero-order chi connectivity index (χ0) is 16.2. The van der Waals surface area contributed by atoms with Gasteiger partial charge in [0, 0.05) is 19.8 Å². The number of nitrogen functional groups attached to an aromatic ring is 1. The number of halogens is 1. The van der Waals surface area contributed by atoms with Crippen LogP contribution in [0.3, 0.4) is 0 Å². The van der Waals surface area contributed by atoms with Gasteiger partial charge in [-0.1, -0.05) is 0 Å². The van der Waals surface area contributed by atoms with Gasteiger partial charge in [-0.15, -0.1) is 0 Å². The van der Waals surface area contributed by atoms with Crippen LogP contribution in [0.1, 0.15) is 6.92 Å². The average Bonchev–Trinajstić information content (AvgIpc) is 2.41. The third-order valence-electron chi connectivity index (χ3n) is 3.17. The maximum Gasteiger partial charge on any atom is 0.241 e. The summed E-state index contributed by atoms with van der Waals surface area (Å²) in [7, 11) is 4.94. The number of hydrogen-bond acceptors (Lipinski definition) is 4. The molecule has 21 heavy (non-hydrogen) atoms. The molecule has 0 aliphatic heterocycles. The number of benzene rings is 1. The van der Waals surface area contributed by atoms with Crippen molar-refractivity contribution in [3.63, 3.8) is 0 Å². The molecule has 1 unspecified atom stereocenters. The predicted molar refractivity (Wildman–Crippen MR) is 80.2 cm³/mol. The number of nitrogens with two attached hydrogens (primary N) is 1. The molecule has 2 amide bonds. The lowest BCUT2D eigenvalue weighted by atomic mass is 10.2. The molecule has 6 nitrogen and oxygen atoms in total. The highest BCUT2D eigenvalue weighted by atomic mass is 19.1. The van der Waals surface area contributed by atoms with Crippen molar-refractivity contribution >= 4 is 23.2 Å². The lowest BCUT2D eigenvalue weighted by molar-refractivity contribution is -0.131. The number of anilines is 2. The molecule has 0 bridgehead atoms. The second-order valence-corrected chi connectivity index (χ2v) is 5.11. The average molecular weight is 296 g/mol. The first-order chi connectivity index (χ1) is 9.72. The number of carbonyl (C=O) groups is 2. The van der Waals surface area contributed by atoms with Gasteiger partial charge in [-0.2, -0.15) is 0 Å². The Labute approximate surface area is 123 Å². The molecule has 116 valence electrons. The van der Waals surface area contributed by atoms with Gasteiger partial charge in [0.05, 0.1) is 18.3 Å². The second-order valence-electron chi connectivity index (χ2n) is 5.11. The highest BCUT2D eigenvalue weighted by Gasteiger charge is 2.21. The summed E-state index contributed by atoms with van der Waals surface area (Å²) < 4.78 is 13.6. The Morgan fingerprint density at radius 1 is 1.33 bits per heavy atom. The number of carbonyl (C=O) groups excluding carboxylic acids is 2. The molecular formula is C14H21FN4O2. The van der Waals surface area contributed by atoms with Crippen LogP contribution in [0.25, 0.3) is 0 Å². The van der Waals surface area contributed by atoms with Gasteiger partial charge in [0.1, 0.15) is 5.82 Å². The van der Waals surface area contributed by atoms with Gasteiger partial charge in [0.25, 0.3) is 0 Å². The van der Waals surface area contributed by atoms with Gasteiger partial charge in [-0.3, -0.25) is 14.5 Å². The van der Waals surface area contributed by atoms with Crippen molar-refractivity contribution < 1.29 is 14.0 Å². The first kappa shape index (κ1) is 16.9. The fourth-order valence-electron chi connectivity index (χ4n) is 1.57. The fraction of sp³-hybridized carbons (Fsp3) is 0.429. The lowest BCUT2D eigenvalue weighted by Crippen LogP contribution is -2.44. The van der Waals surface area contributed by atoms with Gasteiger partial charge in [-0.25, -0.2) is 4.39 Å². The lowest BCUT2D eigenvalue weighted by Gasteiger charge is -2.24. The van der Waals surface area contributed by atoms with E-state index in [0.717, 1.165) is 0 Å². The van der Waals surface area contributed by atoms with Crippen molar-refractivity contribution in [3.8, 4) is 0 Å². The molecule has 0 heterocycles. The fourth-order valence-corrected chi connectivity index (χ4v) is 1.57. The molecule has 0 saturated heterocycles. The van der Waals surface area contributed by atoms with Crippen LogP contribution in [0, 0.1) is 5.82 Å². The van der Waals surface area contributed by atoms with Gasteiger partial charge in [0.2, 0.25) is 11.8 Å². The van der Waals surface area contributed by atoms with Crippen LogP contribution in [0.4, 0.5) is 15.8 Å². The van der Waals surface area contributed by atoms with E-state index in [1.165, 1.54) is 23.1 Å². The van der Waals surface area contributed by atoms with Crippen LogP contribution in [-0.2, 0) is 9.59 Å². The second kappa shape index (κ2) is 7.03. The molecule has 0 aromatic heterocycles. The van der Waals surface area contributed by atoms with Crippen molar-refractivity contribution in [1.82, 2.24) is 9.80 Å². The smallest absolute Gasteiger partial charge is 0.241 e. The Morgan fingerprint density at radius 3 is 2.52 bits per heavy atom. The van der Waals surface area contributed by atoms with Crippen LogP contribution in [-0.4, -0.2) is 55.3 Å². The van der Waals surface area contributed by atoms with Crippen LogP contribution < -0.4 is 11.1 Å². The molecule has 0 spiro atoms. The van der Waals surface area contributed by atoms with Gasteiger partial charge >= 0.3 is 0 Å². The molecule has 1 rings (SSSR count). The van der Waals surface area contributed by atoms with Crippen molar-refractivity contribution in [2.24, 2.45) is 0 Å². The van der Waals surface area contributed by atoms with E-state index < -0.39 is 17.8 Å². The maximum absolute atomic E-state index is 13.6. The number of amides is 2. The quantitative estimate of drug-likeness (QED) is 0.786. The highest BCUT2D eigenvalue weighted by molar-refractivity contribution is 5.95. The molecule has 1 aromatic rings. The molecule has 3 N–H and O–H groups in total. The summed E-state index contributed by atoms with van der Waals surface area (Å²) in [5, 5.41) is 2.47. The van der Waals surface area contributed by atoms with Crippen LogP contribution in [0.5, 0.6) is 0 Å². The molecule has 0 fully saturated rings. The molecule has 0 radical (unpaired) electrons. The summed E-state index contributed by atoms with van der Waals surface area (Å²) in [6, 6.07) is 3.37. The molecule has 0 aliphatic carbocycles. The van der Waals surface area contributed by atoms with Gasteiger partial charge in [-0.05, 0) is 32.2 Å². The Hall–Kier alpha value is -2.15. The first-order valence-electron chi connectivity index (χ1n) is 6.48. The zero-order valence-corrected chi connectivity index (χ0v) is 12.7. The Kier molecular flexibility index (Phi) is 5.66. The first-order valence-corrected chi connectivity index (χ1v) is 6.48. The number of likely N-dealkylation sites (N-methyl/N-ethyl adjacent to an activating group) is 2. The summed E-state index contributed by atoms with van der Waals surface area (Å²) in [6.07, 6.45) is 0. The minimum atomic E-state index is -0.588. The summed E-state index contributed by atoms with van der Waals surface area (Å²) in [4.78, 5) is 26.7. The van der Waals surface area contributed by atoms with E-state index in [0.29, 0.717) is 5.69 Å². The van der Waals surface area contributed by atoms with Crippen molar-refractivity contribution in [1.29, 1.82) is 0 Å². The Bertz CT molecular complexity index is 534. The number of nitrogens with one attached hydrogen (secondary N) is 1. The summed E-state index contributed by atoms with van der Waals surface area (Å²) >= 11 is 0. The van der Waals surface area contributed by atoms with E-state index in [2.05, 4.69) is 5.32 Å². The standard InChI is InChI=1S/C14H21FN4O2/c1-9(19(4)8-13(20)18(2)3)14(21)17-12-7-10(16)5-6-11(12)15/h5-7,9H,8,16H2,1-4H3,(H,17,21). The third kappa shape index (κ3) is 4.71. The van der Waals surface area contributed by atoms with Crippen LogP contribution in [0.2, 0.25) is 0 Å². The monoisotopic (exact) mass is 296 g/mol. The molecule has 0 aliphatic rings. The predicted octanol–water partition coefficient (Wildman–Crippen LogP) is 0.755. The van der Waals surface area contributed by atoms with Crippen molar-refractivity contribution in [2.45, 2.75) is 13.0 Å². The molecule has 7 heteroatoms. The van der Waals surface area contributed by atoms with Gasteiger partial charge < -0.3 is 16.0 Å². The summed E-state index contributed by atoms with van der Waals surface area (Å²) in [6.45, 7) is 1.74. The minimum absolute atomic E-state index is 0.0270. The van der Waals surface area contributed by atoms with Crippen molar-refractivity contribution in [2.75, 3.05) is 38.7 Å². The van der Waals surface area contributed by atoms with Crippen LogP contribution in [0.15, 0.2) is 18.2 Å². The van der Waals surface area contributed by atoms with Crippen LogP contribution >= 0.6 is 0 Å². The summed E-state index contributed by atoms with van der Waals surface area (Å²) in [5.74, 6) is -1.09. The van der Waals surface area contributed by atoms with E-state index >= 15 is 0 Å². The molecule has 1 aromatic carbocycles. The normalized spacial score (nSPS) is 12.1. The van der Waals surface area contributed by atoms with E-state index in [9.17, 15) is 14.0 Å². The Balaban J connectivity index is 2.70. The van der Waals surface area contributed by atoms with Crippen molar-refractivity contribution in [3.05, 3.63) is 24.0 Å².